The van der Waals surface area contributed by atoms with Crippen LogP contribution in [0.15, 0.2) is 0 Å². The van der Waals surface area contributed by atoms with E-state index in [9.17, 15) is 0 Å². The molecule has 96 valence electrons. The third-order valence-electron chi connectivity index (χ3n) is 6.67. The third kappa shape index (κ3) is 1.69. The van der Waals surface area contributed by atoms with Crippen molar-refractivity contribution in [2.75, 3.05) is 0 Å². The zero-order valence-corrected chi connectivity index (χ0v) is 11.1. The lowest BCUT2D eigenvalue weighted by Gasteiger charge is -2.54. The van der Waals surface area contributed by atoms with Crippen molar-refractivity contribution in [1.82, 2.24) is 5.32 Å². The first-order valence-electron chi connectivity index (χ1n) is 8.12. The van der Waals surface area contributed by atoms with Gasteiger partial charge in [0.25, 0.3) is 0 Å². The summed E-state index contributed by atoms with van der Waals surface area (Å²) in [5.74, 6) is 2.15. The van der Waals surface area contributed by atoms with Crippen molar-refractivity contribution in [2.24, 2.45) is 17.3 Å². The smallest absolute Gasteiger partial charge is 0.0126 e. The van der Waals surface area contributed by atoms with Crippen LogP contribution >= 0.6 is 0 Å². The van der Waals surface area contributed by atoms with E-state index in [4.69, 9.17) is 0 Å². The molecule has 0 radical (unpaired) electrons. The molecule has 2 bridgehead atoms. The molecule has 4 aliphatic rings. The number of hydrogen-bond donors (Lipinski definition) is 1. The lowest BCUT2D eigenvalue weighted by molar-refractivity contribution is 0.0122. The summed E-state index contributed by atoms with van der Waals surface area (Å²) in [6.45, 7) is 0. The predicted octanol–water partition coefficient (Wildman–Crippen LogP) is 3.88. The second-order valence-electron chi connectivity index (χ2n) is 7.46. The van der Waals surface area contributed by atoms with Gasteiger partial charge in [0.1, 0.15) is 0 Å². The number of nitrogens with one attached hydrogen (secondary N) is 1. The highest BCUT2D eigenvalue weighted by Gasteiger charge is 2.49. The van der Waals surface area contributed by atoms with Crippen LogP contribution in [0.1, 0.15) is 70.6 Å². The molecule has 4 unspecified atom stereocenters. The summed E-state index contributed by atoms with van der Waals surface area (Å²) in [5, 5.41) is 4.11. The number of fused-ring (bicyclic) bond motifs is 2. The molecule has 0 amide bonds. The van der Waals surface area contributed by atoms with Gasteiger partial charge in [0, 0.05) is 12.1 Å². The van der Waals surface area contributed by atoms with Crippen LogP contribution in [-0.4, -0.2) is 12.1 Å². The molecule has 0 aromatic heterocycles. The van der Waals surface area contributed by atoms with E-state index in [-0.39, 0.29) is 0 Å². The van der Waals surface area contributed by atoms with Gasteiger partial charge in [0.15, 0.2) is 0 Å². The van der Waals surface area contributed by atoms with Crippen molar-refractivity contribution >= 4 is 0 Å². The predicted molar refractivity (Wildman–Crippen MR) is 70.9 cm³/mol. The van der Waals surface area contributed by atoms with E-state index >= 15 is 0 Å². The van der Waals surface area contributed by atoms with E-state index < -0.39 is 0 Å². The number of hydrogen-bond acceptors (Lipinski definition) is 1. The van der Waals surface area contributed by atoms with E-state index in [1.807, 2.05) is 0 Å². The Labute approximate surface area is 106 Å². The molecule has 0 aromatic rings. The fourth-order valence-electron chi connectivity index (χ4n) is 5.52. The second kappa shape index (κ2) is 3.98. The Bertz CT molecular complexity index is 292. The van der Waals surface area contributed by atoms with E-state index in [1.54, 1.807) is 12.8 Å². The molecule has 1 nitrogen and oxygen atoms in total. The van der Waals surface area contributed by atoms with Crippen molar-refractivity contribution in [3.8, 4) is 0 Å². The molecule has 1 heteroatoms. The Morgan fingerprint density at radius 1 is 0.824 bits per heavy atom. The lowest BCUT2D eigenvalue weighted by atomic mass is 9.57. The van der Waals surface area contributed by atoms with Gasteiger partial charge in [-0.2, -0.15) is 0 Å². The molecular formula is C16H27N. The molecule has 17 heavy (non-hydrogen) atoms. The van der Waals surface area contributed by atoms with Crippen LogP contribution in [0.25, 0.3) is 0 Å². The Morgan fingerprint density at radius 3 is 2.29 bits per heavy atom. The highest BCUT2D eigenvalue weighted by Crippen LogP contribution is 2.53. The van der Waals surface area contributed by atoms with Crippen LogP contribution in [0.3, 0.4) is 0 Å². The maximum Gasteiger partial charge on any atom is 0.0126 e. The first-order valence-corrected chi connectivity index (χ1v) is 8.12. The molecule has 1 N–H and O–H groups in total. The summed E-state index contributed by atoms with van der Waals surface area (Å²) in [6.07, 6.45) is 16.7. The minimum absolute atomic E-state index is 0.764. The largest absolute Gasteiger partial charge is 0.310 e. The van der Waals surface area contributed by atoms with Gasteiger partial charge in [-0.3, -0.25) is 0 Å². The minimum atomic E-state index is 0.764. The molecule has 1 spiro atoms. The summed E-state index contributed by atoms with van der Waals surface area (Å²) in [7, 11) is 0. The van der Waals surface area contributed by atoms with Gasteiger partial charge in [-0.1, -0.05) is 25.7 Å². The molecular weight excluding hydrogens is 206 g/mol. The maximum atomic E-state index is 4.11. The molecule has 4 rings (SSSR count). The summed E-state index contributed by atoms with van der Waals surface area (Å²) in [6, 6.07) is 1.82. The van der Waals surface area contributed by atoms with E-state index in [1.165, 1.54) is 57.8 Å². The molecule has 4 aliphatic carbocycles. The van der Waals surface area contributed by atoms with Crippen LogP contribution in [0.5, 0.6) is 0 Å². The van der Waals surface area contributed by atoms with Gasteiger partial charge >= 0.3 is 0 Å². The lowest BCUT2D eigenvalue weighted by Crippen LogP contribution is -2.57. The molecule has 0 aromatic carbocycles. The summed E-state index contributed by atoms with van der Waals surface area (Å²) < 4.78 is 0. The van der Waals surface area contributed by atoms with Crippen molar-refractivity contribution in [3.05, 3.63) is 0 Å². The highest BCUT2D eigenvalue weighted by atomic mass is 15.0. The third-order valence-corrected chi connectivity index (χ3v) is 6.67. The molecule has 0 heterocycles. The van der Waals surface area contributed by atoms with E-state index in [0.29, 0.717) is 0 Å². The zero-order chi connectivity index (χ0) is 11.3. The first-order chi connectivity index (χ1) is 8.36. The Morgan fingerprint density at radius 2 is 1.71 bits per heavy atom. The summed E-state index contributed by atoms with van der Waals surface area (Å²) in [4.78, 5) is 0. The Balaban J connectivity index is 1.39. The number of rotatable bonds is 2. The standard InChI is InChI=1S/C16H27N/c1-2-7-16(8-3-1)9-6-15(16)17-14-11-12-4-5-13(14)10-12/h12-15,17H,1-11H2. The van der Waals surface area contributed by atoms with Crippen LogP contribution in [0.2, 0.25) is 0 Å². The Hall–Kier alpha value is -0.0400. The average molecular weight is 233 g/mol. The maximum absolute atomic E-state index is 4.11. The van der Waals surface area contributed by atoms with Gasteiger partial charge < -0.3 is 5.32 Å². The minimum Gasteiger partial charge on any atom is -0.310 e. The fourth-order valence-corrected chi connectivity index (χ4v) is 5.52. The second-order valence-corrected chi connectivity index (χ2v) is 7.46. The van der Waals surface area contributed by atoms with Gasteiger partial charge in [0.2, 0.25) is 0 Å². The highest BCUT2D eigenvalue weighted by molar-refractivity contribution is 5.05. The van der Waals surface area contributed by atoms with Crippen molar-refractivity contribution in [2.45, 2.75) is 82.7 Å². The molecule has 0 aliphatic heterocycles. The quantitative estimate of drug-likeness (QED) is 0.763. The zero-order valence-electron chi connectivity index (χ0n) is 11.1. The molecule has 4 fully saturated rings. The topological polar surface area (TPSA) is 12.0 Å². The summed E-state index contributed by atoms with van der Waals surface area (Å²) >= 11 is 0. The monoisotopic (exact) mass is 233 g/mol. The van der Waals surface area contributed by atoms with Crippen molar-refractivity contribution in [3.63, 3.8) is 0 Å². The molecule has 4 saturated carbocycles. The van der Waals surface area contributed by atoms with Crippen molar-refractivity contribution in [1.29, 1.82) is 0 Å². The van der Waals surface area contributed by atoms with Crippen LogP contribution in [0, 0.1) is 17.3 Å². The van der Waals surface area contributed by atoms with Gasteiger partial charge in [-0.15, -0.1) is 0 Å². The van der Waals surface area contributed by atoms with Gasteiger partial charge in [-0.25, -0.2) is 0 Å². The molecule has 0 saturated heterocycles. The SMILES string of the molecule is C1CCC2(CC1)CCC2NC1CC2CCC1C2. The average Bonchev–Trinajstić information content (AvgIpc) is 2.98. The summed E-state index contributed by atoms with van der Waals surface area (Å²) in [5.41, 5.74) is 0.764. The van der Waals surface area contributed by atoms with Crippen molar-refractivity contribution < 1.29 is 0 Å². The van der Waals surface area contributed by atoms with E-state index in [2.05, 4.69) is 5.32 Å². The van der Waals surface area contributed by atoms with Gasteiger partial charge in [-0.05, 0) is 62.2 Å². The first kappa shape index (κ1) is 10.8. The van der Waals surface area contributed by atoms with Crippen LogP contribution in [-0.2, 0) is 0 Å². The van der Waals surface area contributed by atoms with E-state index in [0.717, 1.165) is 29.3 Å². The Kier molecular flexibility index (Phi) is 2.54. The van der Waals surface area contributed by atoms with Crippen LogP contribution < -0.4 is 5.32 Å². The van der Waals surface area contributed by atoms with Crippen LogP contribution in [0.4, 0.5) is 0 Å². The van der Waals surface area contributed by atoms with Gasteiger partial charge in [0.05, 0.1) is 0 Å². The fraction of sp³-hybridized carbons (Fsp3) is 1.00. The normalized spacial score (nSPS) is 47.3. The molecule has 4 atom stereocenters.